The van der Waals surface area contributed by atoms with E-state index < -0.39 is 10.8 Å². The summed E-state index contributed by atoms with van der Waals surface area (Å²) in [5, 5.41) is 10.2. The van der Waals surface area contributed by atoms with Crippen LogP contribution in [0.5, 0.6) is 0 Å². The summed E-state index contributed by atoms with van der Waals surface area (Å²) in [5.74, 6) is -0.142. The Morgan fingerprint density at radius 3 is 2.73 bits per heavy atom. The van der Waals surface area contributed by atoms with Crippen molar-refractivity contribution in [2.24, 2.45) is 5.92 Å². The van der Waals surface area contributed by atoms with Crippen LogP contribution in [0.1, 0.15) is 13.8 Å². The van der Waals surface area contributed by atoms with Gasteiger partial charge in [0, 0.05) is 10.3 Å². The van der Waals surface area contributed by atoms with Gasteiger partial charge in [-0.25, -0.2) is 0 Å². The Balaban J connectivity index is 2.88. The van der Waals surface area contributed by atoms with Crippen LogP contribution in [0.2, 0.25) is 0 Å². The van der Waals surface area contributed by atoms with Gasteiger partial charge in [-0.15, -0.1) is 0 Å². The van der Waals surface area contributed by atoms with E-state index in [2.05, 4.69) is 6.07 Å². The molecule has 0 radical (unpaired) electrons. The summed E-state index contributed by atoms with van der Waals surface area (Å²) < 4.78 is 11.1. The van der Waals surface area contributed by atoms with Crippen molar-refractivity contribution in [3.63, 3.8) is 0 Å². The molecule has 2 nitrogen and oxygen atoms in total. The summed E-state index contributed by atoms with van der Waals surface area (Å²) in [7, 11) is -0.972. The number of rotatable bonds is 1. The fraction of sp³-hybridized carbons (Fsp3) is 0.375. The van der Waals surface area contributed by atoms with E-state index in [1.807, 2.05) is 13.0 Å². The average molecular weight is 167 g/mol. The minimum absolute atomic E-state index is 0.142. The van der Waals surface area contributed by atoms with Crippen molar-refractivity contribution in [2.45, 2.75) is 13.8 Å². The van der Waals surface area contributed by atoms with Crippen LogP contribution in [0.3, 0.4) is 0 Å². The van der Waals surface area contributed by atoms with E-state index in [9.17, 15) is 4.21 Å². The Labute approximate surface area is 68.7 Å². The second-order valence-corrected chi connectivity index (χ2v) is 4.00. The van der Waals surface area contributed by atoms with Crippen LogP contribution in [0.15, 0.2) is 22.0 Å². The van der Waals surface area contributed by atoms with Gasteiger partial charge in [0.1, 0.15) is 0 Å². The SMILES string of the molecule is CC1=CC(C(C)C#N)=CS1=O. The van der Waals surface area contributed by atoms with Crippen LogP contribution in [-0.4, -0.2) is 4.21 Å². The van der Waals surface area contributed by atoms with Gasteiger partial charge in [-0.1, -0.05) is 0 Å². The molecule has 0 spiro atoms. The molecule has 0 saturated heterocycles. The first-order valence-corrected chi connectivity index (χ1v) is 4.56. The number of allylic oxidation sites excluding steroid dienone is 3. The van der Waals surface area contributed by atoms with Gasteiger partial charge in [0.05, 0.1) is 22.8 Å². The fourth-order valence-electron chi connectivity index (χ4n) is 0.845. The molecule has 0 aliphatic carbocycles. The molecule has 0 N–H and O–H groups in total. The number of hydrogen-bond donors (Lipinski definition) is 0. The third-order valence-corrected chi connectivity index (χ3v) is 2.86. The lowest BCUT2D eigenvalue weighted by atomic mass is 10.1. The maximum Gasteiger partial charge on any atom is 0.0735 e. The molecule has 2 unspecified atom stereocenters. The molecule has 3 heteroatoms. The van der Waals surface area contributed by atoms with Crippen molar-refractivity contribution in [1.82, 2.24) is 0 Å². The summed E-state index contributed by atoms with van der Waals surface area (Å²) in [5.41, 5.74) is 0.878. The first kappa shape index (κ1) is 8.22. The Bertz CT molecular complexity index is 296. The molecule has 0 fully saturated rings. The summed E-state index contributed by atoms with van der Waals surface area (Å²) in [6.07, 6.45) is 1.82. The van der Waals surface area contributed by atoms with Crippen molar-refractivity contribution in [3.05, 3.63) is 22.0 Å². The van der Waals surface area contributed by atoms with Gasteiger partial charge in [0.2, 0.25) is 0 Å². The van der Waals surface area contributed by atoms with E-state index >= 15 is 0 Å². The monoisotopic (exact) mass is 167 g/mol. The molecule has 1 rings (SSSR count). The standard InChI is InChI=1S/C8H9NOS/c1-6(4-9)8-3-7(2)11(10)5-8/h3,5-6H,1-2H3. The summed E-state index contributed by atoms with van der Waals surface area (Å²) in [6, 6.07) is 2.10. The van der Waals surface area contributed by atoms with Crippen LogP contribution in [0.25, 0.3) is 0 Å². The maximum absolute atomic E-state index is 11.1. The second-order valence-electron chi connectivity index (χ2n) is 2.52. The van der Waals surface area contributed by atoms with Gasteiger partial charge >= 0.3 is 0 Å². The normalized spacial score (nSPS) is 25.4. The van der Waals surface area contributed by atoms with Crippen LogP contribution >= 0.6 is 0 Å². The minimum atomic E-state index is -0.972. The topological polar surface area (TPSA) is 40.9 Å². The van der Waals surface area contributed by atoms with Crippen molar-refractivity contribution in [2.75, 3.05) is 0 Å². The highest BCUT2D eigenvalue weighted by Gasteiger charge is 2.14. The zero-order valence-electron chi connectivity index (χ0n) is 6.50. The number of nitrogens with zero attached hydrogens (tertiary/aromatic N) is 1. The van der Waals surface area contributed by atoms with Crippen LogP contribution in [0.4, 0.5) is 0 Å². The predicted molar refractivity (Wildman–Crippen MR) is 44.8 cm³/mol. The predicted octanol–water partition coefficient (Wildman–Crippen LogP) is 1.70. The van der Waals surface area contributed by atoms with E-state index in [0.717, 1.165) is 10.5 Å². The van der Waals surface area contributed by atoms with E-state index in [-0.39, 0.29) is 5.92 Å². The lowest BCUT2D eigenvalue weighted by Gasteiger charge is -1.96. The van der Waals surface area contributed by atoms with Gasteiger partial charge in [0.15, 0.2) is 0 Å². The Morgan fingerprint density at radius 2 is 2.36 bits per heavy atom. The Kier molecular flexibility index (Phi) is 2.25. The van der Waals surface area contributed by atoms with Crippen LogP contribution in [0, 0.1) is 17.2 Å². The quantitative estimate of drug-likeness (QED) is 0.596. The molecule has 2 atom stereocenters. The molecule has 0 saturated carbocycles. The van der Waals surface area contributed by atoms with Crippen molar-refractivity contribution in [3.8, 4) is 6.07 Å². The summed E-state index contributed by atoms with van der Waals surface area (Å²) in [6.45, 7) is 3.61. The van der Waals surface area contributed by atoms with Crippen LogP contribution < -0.4 is 0 Å². The molecule has 0 aromatic rings. The van der Waals surface area contributed by atoms with Gasteiger partial charge in [-0.05, 0) is 25.5 Å². The lowest BCUT2D eigenvalue weighted by molar-refractivity contribution is 0.692. The molecule has 0 aromatic carbocycles. The number of nitriles is 1. The van der Waals surface area contributed by atoms with E-state index in [1.54, 1.807) is 12.3 Å². The van der Waals surface area contributed by atoms with Gasteiger partial charge in [0.25, 0.3) is 0 Å². The largest absolute Gasteiger partial charge is 0.250 e. The Morgan fingerprint density at radius 1 is 1.73 bits per heavy atom. The third-order valence-electron chi connectivity index (χ3n) is 1.62. The van der Waals surface area contributed by atoms with Gasteiger partial charge in [-0.2, -0.15) is 5.26 Å². The molecule has 0 bridgehead atoms. The van der Waals surface area contributed by atoms with E-state index in [1.165, 1.54) is 0 Å². The summed E-state index contributed by atoms with van der Waals surface area (Å²) in [4.78, 5) is 0.835. The van der Waals surface area contributed by atoms with Gasteiger partial charge < -0.3 is 0 Å². The van der Waals surface area contributed by atoms with Crippen molar-refractivity contribution in [1.29, 1.82) is 5.26 Å². The Hall–Kier alpha value is -0.880. The molecule has 58 valence electrons. The first-order valence-electron chi connectivity index (χ1n) is 3.35. The van der Waals surface area contributed by atoms with Crippen molar-refractivity contribution >= 4 is 10.8 Å². The highest BCUT2D eigenvalue weighted by molar-refractivity contribution is 7.92. The molecule has 0 amide bonds. The molecule has 0 aromatic heterocycles. The summed E-state index contributed by atoms with van der Waals surface area (Å²) >= 11 is 0. The zero-order valence-corrected chi connectivity index (χ0v) is 7.31. The third kappa shape index (κ3) is 1.58. The molecule has 11 heavy (non-hydrogen) atoms. The number of hydrogen-bond acceptors (Lipinski definition) is 2. The average Bonchev–Trinajstić information content (AvgIpc) is 2.31. The zero-order chi connectivity index (χ0) is 8.43. The molecular weight excluding hydrogens is 158 g/mol. The second kappa shape index (κ2) is 3.02. The lowest BCUT2D eigenvalue weighted by Crippen LogP contribution is -1.90. The van der Waals surface area contributed by atoms with E-state index in [4.69, 9.17) is 5.26 Å². The molecule has 1 heterocycles. The minimum Gasteiger partial charge on any atom is -0.250 e. The van der Waals surface area contributed by atoms with Gasteiger partial charge in [-0.3, -0.25) is 4.21 Å². The highest BCUT2D eigenvalue weighted by Crippen LogP contribution is 2.22. The van der Waals surface area contributed by atoms with Crippen LogP contribution in [-0.2, 0) is 10.8 Å². The molecule has 1 aliphatic rings. The first-order chi connectivity index (χ1) is 5.15. The maximum atomic E-state index is 11.1. The highest BCUT2D eigenvalue weighted by atomic mass is 32.2. The van der Waals surface area contributed by atoms with E-state index in [0.29, 0.717) is 0 Å². The molecule has 1 aliphatic heterocycles. The smallest absolute Gasteiger partial charge is 0.0735 e. The van der Waals surface area contributed by atoms with Crippen molar-refractivity contribution < 1.29 is 4.21 Å². The molecular formula is C8H9NOS. The fourth-order valence-corrected chi connectivity index (χ4v) is 1.80.